The van der Waals surface area contributed by atoms with Crippen molar-refractivity contribution in [3.8, 4) is 33.4 Å². The molecule has 2 aliphatic rings. The van der Waals surface area contributed by atoms with Gasteiger partial charge in [0.25, 0.3) is 0 Å². The van der Waals surface area contributed by atoms with Crippen LogP contribution < -0.4 is 0 Å². The fourth-order valence-corrected chi connectivity index (χ4v) is 10.9. The summed E-state index contributed by atoms with van der Waals surface area (Å²) in [7, 11) is 0. The first kappa shape index (κ1) is 29.4. The van der Waals surface area contributed by atoms with Crippen molar-refractivity contribution in [2.45, 2.75) is 5.41 Å². The van der Waals surface area contributed by atoms with Crippen LogP contribution in [0.1, 0.15) is 22.3 Å². The minimum atomic E-state index is -0.473. The molecule has 13 rings (SSSR count). The standard InChI is InChI=1S/C55H32/c1-2-14-37-33(13-1)25-26-36-32-48(41-17-4-6-20-44(41)51(36)37)35-27-29-38-34(31-35)28-30-47-52-45-21-7-3-15-39(45)40-16-5-8-22-46(40)54(52)55(53(38)47)49-23-11-9-18-42(49)43-19-10-12-24-50(43)55/h1-32H. The van der Waals surface area contributed by atoms with Crippen LogP contribution in [0.3, 0.4) is 0 Å². The highest BCUT2D eigenvalue weighted by Gasteiger charge is 2.53. The molecule has 11 aromatic carbocycles. The highest BCUT2D eigenvalue weighted by Crippen LogP contribution is 2.66. The van der Waals surface area contributed by atoms with Crippen LogP contribution in [0.5, 0.6) is 0 Å². The van der Waals surface area contributed by atoms with Crippen molar-refractivity contribution < 1.29 is 0 Å². The van der Waals surface area contributed by atoms with Crippen molar-refractivity contribution >= 4 is 64.6 Å². The Morgan fingerprint density at radius 2 is 0.836 bits per heavy atom. The topological polar surface area (TPSA) is 0 Å². The Morgan fingerprint density at radius 3 is 1.60 bits per heavy atom. The van der Waals surface area contributed by atoms with E-state index in [0.717, 1.165) is 0 Å². The summed E-state index contributed by atoms with van der Waals surface area (Å²) in [5.41, 5.74) is 13.0. The van der Waals surface area contributed by atoms with Crippen molar-refractivity contribution in [1.82, 2.24) is 0 Å². The molecule has 2 aliphatic carbocycles. The largest absolute Gasteiger partial charge is 0.0737 e. The molecule has 0 aliphatic heterocycles. The number of fused-ring (bicyclic) bond motifs is 22. The van der Waals surface area contributed by atoms with Gasteiger partial charge in [-0.25, -0.2) is 0 Å². The van der Waals surface area contributed by atoms with E-state index in [2.05, 4.69) is 194 Å². The second-order valence-electron chi connectivity index (χ2n) is 15.5. The molecule has 0 nitrogen and oxygen atoms in total. The van der Waals surface area contributed by atoms with Crippen LogP contribution in [-0.2, 0) is 5.41 Å². The molecule has 0 N–H and O–H groups in total. The van der Waals surface area contributed by atoms with Gasteiger partial charge in [0, 0.05) is 0 Å². The van der Waals surface area contributed by atoms with E-state index in [0.29, 0.717) is 0 Å². The number of hydrogen-bond acceptors (Lipinski definition) is 0. The van der Waals surface area contributed by atoms with Crippen molar-refractivity contribution in [3.05, 3.63) is 216 Å². The van der Waals surface area contributed by atoms with Gasteiger partial charge in [-0.1, -0.05) is 182 Å². The van der Waals surface area contributed by atoms with Gasteiger partial charge in [0.1, 0.15) is 0 Å². The van der Waals surface area contributed by atoms with Crippen LogP contribution in [-0.4, -0.2) is 0 Å². The fraction of sp³-hybridized carbons (Fsp3) is 0.0182. The van der Waals surface area contributed by atoms with Gasteiger partial charge in [0.15, 0.2) is 0 Å². The first-order chi connectivity index (χ1) is 27.3. The van der Waals surface area contributed by atoms with Crippen LogP contribution in [0.15, 0.2) is 194 Å². The average Bonchev–Trinajstić information content (AvgIpc) is 3.74. The van der Waals surface area contributed by atoms with E-state index < -0.39 is 5.41 Å². The molecule has 1 spiro atoms. The summed E-state index contributed by atoms with van der Waals surface area (Å²) in [4.78, 5) is 0. The van der Waals surface area contributed by atoms with E-state index in [4.69, 9.17) is 0 Å². The van der Waals surface area contributed by atoms with Crippen molar-refractivity contribution in [1.29, 1.82) is 0 Å². The maximum Gasteiger partial charge on any atom is 0.0737 e. The lowest BCUT2D eigenvalue weighted by Gasteiger charge is -2.32. The van der Waals surface area contributed by atoms with Gasteiger partial charge >= 0.3 is 0 Å². The van der Waals surface area contributed by atoms with Gasteiger partial charge < -0.3 is 0 Å². The van der Waals surface area contributed by atoms with Gasteiger partial charge in [-0.2, -0.15) is 0 Å². The number of benzene rings is 11. The summed E-state index contributed by atoms with van der Waals surface area (Å²) in [6.45, 7) is 0. The van der Waals surface area contributed by atoms with E-state index >= 15 is 0 Å². The normalized spacial score (nSPS) is 13.6. The first-order valence-electron chi connectivity index (χ1n) is 19.4. The molecule has 0 aromatic heterocycles. The zero-order chi connectivity index (χ0) is 35.8. The second-order valence-corrected chi connectivity index (χ2v) is 15.5. The Balaban J connectivity index is 1.16. The van der Waals surface area contributed by atoms with Crippen molar-refractivity contribution in [2.75, 3.05) is 0 Å². The molecule has 0 heterocycles. The molecule has 0 fully saturated rings. The molecule has 0 radical (unpaired) electrons. The van der Waals surface area contributed by atoms with E-state index in [9.17, 15) is 0 Å². The van der Waals surface area contributed by atoms with Gasteiger partial charge in [0.2, 0.25) is 0 Å². The monoisotopic (exact) mass is 692 g/mol. The predicted octanol–water partition coefficient (Wildman–Crippen LogP) is 14.6. The van der Waals surface area contributed by atoms with Crippen LogP contribution in [0.25, 0.3) is 98.0 Å². The lowest BCUT2D eigenvalue weighted by molar-refractivity contribution is 0.809. The fourth-order valence-electron chi connectivity index (χ4n) is 10.9. The van der Waals surface area contributed by atoms with Gasteiger partial charge in [0.05, 0.1) is 5.41 Å². The van der Waals surface area contributed by atoms with E-state index in [-0.39, 0.29) is 0 Å². The van der Waals surface area contributed by atoms with E-state index in [1.807, 2.05) is 0 Å². The molecular formula is C55H32. The summed E-state index contributed by atoms with van der Waals surface area (Å²) in [5.74, 6) is 0. The Kier molecular flexibility index (Phi) is 5.65. The predicted molar refractivity (Wildman–Crippen MR) is 233 cm³/mol. The Morgan fingerprint density at radius 1 is 0.273 bits per heavy atom. The third-order valence-corrected chi connectivity index (χ3v) is 13.0. The minimum absolute atomic E-state index is 0.473. The summed E-state index contributed by atoms with van der Waals surface area (Å²) in [6, 6.07) is 73.3. The molecule has 0 atom stereocenters. The lowest BCUT2D eigenvalue weighted by Crippen LogP contribution is -2.26. The third-order valence-electron chi connectivity index (χ3n) is 13.0. The maximum absolute atomic E-state index is 2.45. The summed E-state index contributed by atoms with van der Waals surface area (Å²) < 4.78 is 0. The van der Waals surface area contributed by atoms with Crippen LogP contribution in [0.4, 0.5) is 0 Å². The molecule has 0 saturated heterocycles. The zero-order valence-electron chi connectivity index (χ0n) is 30.0. The molecule has 0 saturated carbocycles. The quantitative estimate of drug-likeness (QED) is 0.150. The van der Waals surface area contributed by atoms with Crippen molar-refractivity contribution in [3.63, 3.8) is 0 Å². The molecule has 0 amide bonds. The molecule has 0 bridgehead atoms. The van der Waals surface area contributed by atoms with E-state index in [1.54, 1.807) is 0 Å². The van der Waals surface area contributed by atoms with Gasteiger partial charge in [-0.05, 0) is 132 Å². The Labute approximate surface area is 318 Å². The summed E-state index contributed by atoms with van der Waals surface area (Å²) in [6.07, 6.45) is 0. The summed E-state index contributed by atoms with van der Waals surface area (Å²) in [5, 5.41) is 15.6. The Hall–Kier alpha value is -7.02. The highest BCUT2D eigenvalue weighted by atomic mass is 14.5. The van der Waals surface area contributed by atoms with Gasteiger partial charge in [-0.3, -0.25) is 0 Å². The molecule has 0 heteroatoms. The second kappa shape index (κ2) is 10.6. The third kappa shape index (κ3) is 3.62. The molecule has 11 aromatic rings. The lowest BCUT2D eigenvalue weighted by atomic mass is 9.68. The Bertz CT molecular complexity index is 3440. The highest BCUT2D eigenvalue weighted by molar-refractivity contribution is 6.24. The number of rotatable bonds is 1. The maximum atomic E-state index is 2.45. The average molecular weight is 693 g/mol. The molecule has 252 valence electrons. The van der Waals surface area contributed by atoms with Crippen LogP contribution in [0.2, 0.25) is 0 Å². The zero-order valence-corrected chi connectivity index (χ0v) is 30.0. The smallest absolute Gasteiger partial charge is 0.0619 e. The number of hydrogen-bond donors (Lipinski definition) is 0. The minimum Gasteiger partial charge on any atom is -0.0619 e. The summed E-state index contributed by atoms with van der Waals surface area (Å²) >= 11 is 0. The molecular weight excluding hydrogens is 661 g/mol. The first-order valence-corrected chi connectivity index (χ1v) is 19.4. The van der Waals surface area contributed by atoms with Gasteiger partial charge in [-0.15, -0.1) is 0 Å². The van der Waals surface area contributed by atoms with Crippen LogP contribution >= 0.6 is 0 Å². The van der Waals surface area contributed by atoms with E-state index in [1.165, 1.54) is 120 Å². The van der Waals surface area contributed by atoms with Crippen LogP contribution in [0, 0.1) is 0 Å². The van der Waals surface area contributed by atoms with Crippen molar-refractivity contribution in [2.24, 2.45) is 0 Å². The molecule has 55 heavy (non-hydrogen) atoms. The SMILES string of the molecule is c1ccc2c(c1)-c1ccccc1C21c2c(ccc3cc(-c4cc5ccc6ccccc6c5c5ccccc45)ccc23)-c2c1c1ccccc1c1ccccc21. The molecule has 0 unspecified atom stereocenters.